The first-order valence-electron chi connectivity index (χ1n) is 7.41. The van der Waals surface area contributed by atoms with Crippen LogP contribution < -0.4 is 0 Å². The summed E-state index contributed by atoms with van der Waals surface area (Å²) in [7, 11) is 0. The van der Waals surface area contributed by atoms with Crippen molar-refractivity contribution in [1.29, 1.82) is 0 Å². The number of nitrogens with zero attached hydrogens (tertiary/aromatic N) is 2. The van der Waals surface area contributed by atoms with Gasteiger partial charge in [-0.3, -0.25) is 14.7 Å². The summed E-state index contributed by atoms with van der Waals surface area (Å²) in [6.07, 6.45) is 4.20. The summed E-state index contributed by atoms with van der Waals surface area (Å²) in [5, 5.41) is 9.07. The molecule has 1 aromatic rings. The van der Waals surface area contributed by atoms with Crippen LogP contribution in [0.25, 0.3) is 0 Å². The number of carbonyl (C=O) groups is 2. The predicted molar refractivity (Wildman–Crippen MR) is 80.3 cm³/mol. The summed E-state index contributed by atoms with van der Waals surface area (Å²) in [5.74, 6) is -0.912. The molecule has 0 unspecified atom stereocenters. The number of hydrogen-bond donors (Lipinski definition) is 1. The molecule has 1 aliphatic rings. The Bertz CT molecular complexity index is 539. The van der Waals surface area contributed by atoms with Gasteiger partial charge in [-0.25, -0.2) is 4.79 Å². The highest BCUT2D eigenvalue weighted by Gasteiger charge is 2.40. The van der Waals surface area contributed by atoms with Gasteiger partial charge >= 0.3 is 12.1 Å². The van der Waals surface area contributed by atoms with Crippen molar-refractivity contribution in [3.8, 4) is 0 Å². The number of carbonyl (C=O) groups excluding carboxylic acids is 1. The van der Waals surface area contributed by atoms with E-state index in [0.717, 1.165) is 5.56 Å². The number of rotatable bonds is 3. The number of hydrogen-bond acceptors (Lipinski definition) is 4. The Hall–Kier alpha value is -2.11. The minimum Gasteiger partial charge on any atom is -0.481 e. The third-order valence-corrected chi connectivity index (χ3v) is 3.59. The molecule has 2 heterocycles. The molecule has 6 heteroatoms. The van der Waals surface area contributed by atoms with Crippen molar-refractivity contribution in [2.75, 3.05) is 0 Å². The first-order valence-corrected chi connectivity index (χ1v) is 7.41. The second-order valence-electron chi connectivity index (χ2n) is 6.52. The molecule has 1 aliphatic heterocycles. The minimum atomic E-state index is -0.912. The van der Waals surface area contributed by atoms with Gasteiger partial charge in [-0.1, -0.05) is 6.07 Å². The highest BCUT2D eigenvalue weighted by molar-refractivity contribution is 5.73. The lowest BCUT2D eigenvalue weighted by molar-refractivity contribution is -0.138. The van der Waals surface area contributed by atoms with Gasteiger partial charge in [0.15, 0.2) is 0 Å². The second kappa shape index (κ2) is 6.34. The van der Waals surface area contributed by atoms with Crippen LogP contribution in [0.3, 0.4) is 0 Å². The monoisotopic (exact) mass is 306 g/mol. The minimum absolute atomic E-state index is 0.0734. The number of carboxylic acid groups (broad SMARTS) is 1. The molecule has 1 amide bonds. The molecule has 120 valence electrons. The van der Waals surface area contributed by atoms with E-state index in [2.05, 4.69) is 4.98 Å². The van der Waals surface area contributed by atoms with Gasteiger partial charge in [0.2, 0.25) is 0 Å². The maximum atomic E-state index is 12.5. The smallest absolute Gasteiger partial charge is 0.411 e. The number of likely N-dealkylation sites (tertiary alicyclic amines) is 1. The summed E-state index contributed by atoms with van der Waals surface area (Å²) in [4.78, 5) is 29.2. The van der Waals surface area contributed by atoms with Gasteiger partial charge in [-0.15, -0.1) is 0 Å². The number of aromatic nitrogens is 1. The average molecular weight is 306 g/mol. The fraction of sp³-hybridized carbons (Fsp3) is 0.562. The maximum Gasteiger partial charge on any atom is 0.411 e. The van der Waals surface area contributed by atoms with E-state index in [1.54, 1.807) is 38.1 Å². The number of amides is 1. The van der Waals surface area contributed by atoms with Crippen LogP contribution in [0.5, 0.6) is 0 Å². The number of ether oxygens (including phenoxy) is 1. The molecule has 6 nitrogen and oxygen atoms in total. The van der Waals surface area contributed by atoms with Crippen LogP contribution in [-0.2, 0) is 9.53 Å². The zero-order valence-electron chi connectivity index (χ0n) is 13.2. The van der Waals surface area contributed by atoms with E-state index < -0.39 is 17.7 Å². The van der Waals surface area contributed by atoms with Gasteiger partial charge in [0.05, 0.1) is 12.5 Å². The molecule has 2 rings (SSSR count). The molecule has 1 N–H and O–H groups in total. The van der Waals surface area contributed by atoms with E-state index in [1.807, 2.05) is 12.1 Å². The Kier molecular flexibility index (Phi) is 4.68. The summed E-state index contributed by atoms with van der Waals surface area (Å²) in [6.45, 7) is 5.39. The topological polar surface area (TPSA) is 79.7 Å². The maximum absolute atomic E-state index is 12.5. The quantitative estimate of drug-likeness (QED) is 0.928. The van der Waals surface area contributed by atoms with E-state index in [4.69, 9.17) is 9.84 Å². The molecule has 0 bridgehead atoms. The van der Waals surface area contributed by atoms with E-state index in [0.29, 0.717) is 12.8 Å². The predicted octanol–water partition coefficient (Wildman–Crippen LogP) is 3.00. The third kappa shape index (κ3) is 3.96. The van der Waals surface area contributed by atoms with E-state index in [1.165, 1.54) is 0 Å². The molecule has 1 saturated heterocycles. The Labute approximate surface area is 130 Å². The molecular weight excluding hydrogens is 284 g/mol. The fourth-order valence-corrected chi connectivity index (χ4v) is 2.78. The summed E-state index contributed by atoms with van der Waals surface area (Å²) < 4.78 is 5.46. The summed E-state index contributed by atoms with van der Waals surface area (Å²) in [5.41, 5.74) is 0.286. The molecule has 0 radical (unpaired) electrons. The highest BCUT2D eigenvalue weighted by Crippen LogP contribution is 2.38. The molecule has 0 aromatic carbocycles. The molecular formula is C16H22N2O4. The molecule has 1 aromatic heterocycles. The zero-order valence-corrected chi connectivity index (χ0v) is 13.2. The van der Waals surface area contributed by atoms with Crippen molar-refractivity contribution < 1.29 is 19.4 Å². The second-order valence-corrected chi connectivity index (χ2v) is 6.52. The fourth-order valence-electron chi connectivity index (χ4n) is 2.78. The highest BCUT2D eigenvalue weighted by atomic mass is 16.6. The van der Waals surface area contributed by atoms with Crippen LogP contribution in [0.2, 0.25) is 0 Å². The van der Waals surface area contributed by atoms with Crippen molar-refractivity contribution >= 4 is 12.1 Å². The number of carboxylic acids is 1. The lowest BCUT2D eigenvalue weighted by Crippen LogP contribution is -2.42. The Balaban J connectivity index is 2.25. The molecule has 22 heavy (non-hydrogen) atoms. The van der Waals surface area contributed by atoms with Crippen molar-refractivity contribution in [2.24, 2.45) is 0 Å². The van der Waals surface area contributed by atoms with Gasteiger partial charge in [-0.05, 0) is 45.2 Å². The molecule has 2 atom stereocenters. The number of pyridine rings is 1. The normalized spacial score (nSPS) is 21.7. The number of aliphatic carboxylic acids is 1. The first kappa shape index (κ1) is 16.3. The van der Waals surface area contributed by atoms with Crippen LogP contribution in [0.1, 0.15) is 51.6 Å². The van der Waals surface area contributed by atoms with E-state index in [9.17, 15) is 9.59 Å². The van der Waals surface area contributed by atoms with Gasteiger partial charge < -0.3 is 9.84 Å². The average Bonchev–Trinajstić information content (AvgIpc) is 2.80. The van der Waals surface area contributed by atoms with E-state index in [-0.39, 0.29) is 18.5 Å². The van der Waals surface area contributed by atoms with Crippen molar-refractivity contribution in [3.63, 3.8) is 0 Å². The van der Waals surface area contributed by atoms with Crippen LogP contribution >= 0.6 is 0 Å². The Morgan fingerprint density at radius 2 is 2.14 bits per heavy atom. The SMILES string of the molecule is CC(C)(C)OC(=O)N1[C@H](CC(=O)O)CC[C@@H]1c1cccnc1. The van der Waals surface area contributed by atoms with Crippen LogP contribution in [0.15, 0.2) is 24.5 Å². The van der Waals surface area contributed by atoms with Gasteiger partial charge in [0.1, 0.15) is 5.60 Å². The van der Waals surface area contributed by atoms with Crippen molar-refractivity contribution in [2.45, 2.75) is 57.7 Å². The molecule has 0 saturated carbocycles. The summed E-state index contributed by atoms with van der Waals surface area (Å²) >= 11 is 0. The molecule has 0 spiro atoms. The van der Waals surface area contributed by atoms with Crippen LogP contribution in [0, 0.1) is 0 Å². The van der Waals surface area contributed by atoms with Gasteiger partial charge in [0, 0.05) is 18.4 Å². The third-order valence-electron chi connectivity index (χ3n) is 3.59. The largest absolute Gasteiger partial charge is 0.481 e. The lowest BCUT2D eigenvalue weighted by atomic mass is 10.1. The zero-order chi connectivity index (χ0) is 16.3. The van der Waals surface area contributed by atoms with Crippen molar-refractivity contribution in [3.05, 3.63) is 30.1 Å². The Morgan fingerprint density at radius 3 is 2.68 bits per heavy atom. The first-order chi connectivity index (χ1) is 10.3. The lowest BCUT2D eigenvalue weighted by Gasteiger charge is -2.32. The van der Waals surface area contributed by atoms with Crippen LogP contribution in [-0.4, -0.2) is 38.7 Å². The van der Waals surface area contributed by atoms with E-state index >= 15 is 0 Å². The van der Waals surface area contributed by atoms with Crippen molar-refractivity contribution in [1.82, 2.24) is 9.88 Å². The molecule has 0 aliphatic carbocycles. The standard InChI is InChI=1S/C16H22N2O4/c1-16(2,3)22-15(21)18-12(9-14(19)20)6-7-13(18)11-5-4-8-17-10-11/h4-5,8,10,12-13H,6-7,9H2,1-3H3,(H,19,20)/t12-,13+/m0/s1. The van der Waals surface area contributed by atoms with Gasteiger partial charge in [0.25, 0.3) is 0 Å². The molecule has 1 fully saturated rings. The van der Waals surface area contributed by atoms with Crippen LogP contribution in [0.4, 0.5) is 4.79 Å². The van der Waals surface area contributed by atoms with Gasteiger partial charge in [-0.2, -0.15) is 0 Å². The Morgan fingerprint density at radius 1 is 1.41 bits per heavy atom. The summed E-state index contributed by atoms with van der Waals surface area (Å²) in [6, 6.07) is 3.18.